The third-order valence-electron chi connectivity index (χ3n) is 8.52. The molecule has 0 radical (unpaired) electrons. The first kappa shape index (κ1) is 28.4. The molecule has 4 unspecified atom stereocenters. The van der Waals surface area contributed by atoms with Crippen molar-refractivity contribution >= 4 is 43.9 Å². The predicted molar refractivity (Wildman–Crippen MR) is 142 cm³/mol. The quantitative estimate of drug-likeness (QED) is 0.317. The van der Waals surface area contributed by atoms with Crippen LogP contribution in [0, 0.1) is 35.5 Å². The maximum atomic E-state index is 13.4. The van der Waals surface area contributed by atoms with Gasteiger partial charge in [-0.15, -0.1) is 18.7 Å². The number of rotatable bonds is 8. The number of benzene rings is 2. The zero-order valence-electron chi connectivity index (χ0n) is 22.4. The van der Waals surface area contributed by atoms with E-state index >= 15 is 0 Å². The highest BCUT2D eigenvalue weighted by molar-refractivity contribution is 7.87. The van der Waals surface area contributed by atoms with Crippen molar-refractivity contribution in [2.45, 2.75) is 36.5 Å². The molecule has 14 heteroatoms. The Morgan fingerprint density at radius 2 is 0.833 bits per heavy atom. The van der Waals surface area contributed by atoms with Gasteiger partial charge in [-0.05, 0) is 48.2 Å². The number of hydroxylamine groups is 4. The van der Waals surface area contributed by atoms with E-state index in [1.54, 1.807) is 24.3 Å². The smallest absolute Gasteiger partial charge is 0.272 e. The Morgan fingerprint density at radius 3 is 1.10 bits per heavy atom. The van der Waals surface area contributed by atoms with Gasteiger partial charge in [0.2, 0.25) is 0 Å². The Labute approximate surface area is 242 Å². The van der Waals surface area contributed by atoms with Crippen molar-refractivity contribution in [2.75, 3.05) is 0 Å². The maximum Gasteiger partial charge on any atom is 0.318 e. The van der Waals surface area contributed by atoms with Crippen LogP contribution in [0.5, 0.6) is 0 Å². The molecule has 2 aliphatic heterocycles. The molecule has 3 fully saturated rings. The van der Waals surface area contributed by atoms with Crippen molar-refractivity contribution in [1.82, 2.24) is 10.1 Å². The summed E-state index contributed by atoms with van der Waals surface area (Å²) in [6, 6.07) is 11.6. The van der Waals surface area contributed by atoms with Crippen LogP contribution in [0.15, 0.2) is 70.5 Å². The number of carbonyl (C=O) groups is 4. The van der Waals surface area contributed by atoms with Crippen molar-refractivity contribution in [2.24, 2.45) is 35.5 Å². The van der Waals surface area contributed by atoms with E-state index in [1.165, 1.54) is 36.4 Å². The fraction of sp³-hybridized carbons (Fsp3) is 0.357. The van der Waals surface area contributed by atoms with E-state index in [1.807, 2.05) is 13.8 Å². The van der Waals surface area contributed by atoms with E-state index in [4.69, 9.17) is 8.57 Å². The summed E-state index contributed by atoms with van der Waals surface area (Å²) < 4.78 is 61.7. The molecule has 1 saturated carbocycles. The second-order valence-electron chi connectivity index (χ2n) is 10.6. The minimum absolute atomic E-state index is 0.208. The van der Waals surface area contributed by atoms with Gasteiger partial charge in [0.05, 0.1) is 33.5 Å². The van der Waals surface area contributed by atoms with Crippen LogP contribution < -0.4 is 0 Å². The lowest BCUT2D eigenvalue weighted by Gasteiger charge is -2.44. The van der Waals surface area contributed by atoms with Crippen LogP contribution in [0.25, 0.3) is 0 Å². The third-order valence-corrected chi connectivity index (χ3v) is 10.9. The average molecular weight is 615 g/mol. The summed E-state index contributed by atoms with van der Waals surface area (Å²) in [6.45, 7) is 3.79. The van der Waals surface area contributed by atoms with Gasteiger partial charge in [-0.3, -0.25) is 19.2 Å². The Hall–Kier alpha value is -3.72. The number of nitrogens with zero attached hydrogens (tertiary/aromatic N) is 2. The summed E-state index contributed by atoms with van der Waals surface area (Å²) in [7, 11) is -9.11. The minimum atomic E-state index is -4.56. The summed E-state index contributed by atoms with van der Waals surface area (Å²) in [6.07, 6.45) is 4.41. The van der Waals surface area contributed by atoms with Crippen LogP contribution in [0.1, 0.15) is 25.0 Å². The van der Waals surface area contributed by atoms with Crippen LogP contribution in [0.2, 0.25) is 0 Å². The van der Waals surface area contributed by atoms with E-state index in [-0.39, 0.29) is 19.9 Å². The fourth-order valence-corrected chi connectivity index (χ4v) is 8.18. The molecule has 220 valence electrons. The monoisotopic (exact) mass is 614 g/mol. The molecule has 0 N–H and O–H groups in total. The molecule has 2 heterocycles. The lowest BCUT2D eigenvalue weighted by molar-refractivity contribution is -0.166. The summed E-state index contributed by atoms with van der Waals surface area (Å²) in [5.74, 6) is -10.5. The zero-order valence-corrected chi connectivity index (χ0v) is 24.1. The molecule has 2 saturated heterocycles. The van der Waals surface area contributed by atoms with E-state index in [9.17, 15) is 36.0 Å². The normalized spacial score (nSPS) is 28.5. The minimum Gasteiger partial charge on any atom is -0.272 e. The first-order valence-electron chi connectivity index (χ1n) is 13.4. The number of hydrogen-bond acceptors (Lipinski definition) is 10. The first-order chi connectivity index (χ1) is 19.9. The van der Waals surface area contributed by atoms with E-state index in [2.05, 4.69) is 0 Å². The number of aryl methyl sites for hydroxylation is 2. The standard InChI is InChI=1S/C28H26N2O10S2/c1-3-15-5-9-17(10-6-15)41(35,36)39-29-25(31)21-19-13-14-20(22(21)26(29)32)24-23(19)27(33)30(28(24)34)40-42(37,38)18-11-7-16(4-2)8-12-18/h5-14,19-24H,3-4H2,1-2H3. The van der Waals surface area contributed by atoms with Crippen LogP contribution in [-0.4, -0.2) is 50.6 Å². The number of hydrogen-bond donors (Lipinski definition) is 0. The summed E-state index contributed by atoms with van der Waals surface area (Å²) in [4.78, 5) is 53.2. The van der Waals surface area contributed by atoms with Crippen molar-refractivity contribution < 1.29 is 44.6 Å². The molecule has 2 bridgehead atoms. The van der Waals surface area contributed by atoms with Gasteiger partial charge in [-0.1, -0.05) is 50.3 Å². The maximum absolute atomic E-state index is 13.4. The van der Waals surface area contributed by atoms with E-state index < -0.39 is 79.4 Å². The third kappa shape index (κ3) is 4.23. The average Bonchev–Trinajstić information content (AvgIpc) is 3.39. The molecule has 5 aliphatic rings. The van der Waals surface area contributed by atoms with Gasteiger partial charge in [0.1, 0.15) is 0 Å². The lowest BCUT2D eigenvalue weighted by Crippen LogP contribution is -2.50. The lowest BCUT2D eigenvalue weighted by atomic mass is 9.54. The Morgan fingerprint density at radius 1 is 0.548 bits per heavy atom. The molecule has 2 aromatic rings. The first-order valence-corrected chi connectivity index (χ1v) is 16.2. The predicted octanol–water partition coefficient (Wildman–Crippen LogP) is 1.77. The molecule has 42 heavy (non-hydrogen) atoms. The molecular formula is C28H26N2O10S2. The van der Waals surface area contributed by atoms with Gasteiger partial charge >= 0.3 is 20.2 Å². The molecule has 4 atom stereocenters. The summed E-state index contributed by atoms with van der Waals surface area (Å²) >= 11 is 0. The van der Waals surface area contributed by atoms with Crippen molar-refractivity contribution in [3.05, 3.63) is 71.8 Å². The van der Waals surface area contributed by atoms with Crippen LogP contribution in [-0.2, 0) is 60.8 Å². The van der Waals surface area contributed by atoms with Crippen LogP contribution in [0.3, 0.4) is 0 Å². The molecule has 4 amide bonds. The SMILES string of the molecule is CCc1ccc(S(=O)(=O)ON2C(=O)C3C4C=CC(C3C2=O)C2C(=O)N(OS(=O)(=O)c3ccc(CC)cc3)C(=O)C42)cc1. The molecule has 12 nitrogen and oxygen atoms in total. The van der Waals surface area contributed by atoms with Gasteiger partial charge in [-0.25, -0.2) is 0 Å². The van der Waals surface area contributed by atoms with Gasteiger partial charge in [-0.2, -0.15) is 16.8 Å². The molecular weight excluding hydrogens is 588 g/mol. The highest BCUT2D eigenvalue weighted by Crippen LogP contribution is 2.58. The highest BCUT2D eigenvalue weighted by Gasteiger charge is 2.70. The number of allylic oxidation sites excluding steroid dienone is 2. The molecule has 0 spiro atoms. The molecule has 0 aromatic heterocycles. The topological polar surface area (TPSA) is 161 Å². The van der Waals surface area contributed by atoms with Gasteiger partial charge < -0.3 is 0 Å². The summed E-state index contributed by atoms with van der Waals surface area (Å²) in [5.41, 5.74) is 1.74. The Bertz CT molecular complexity index is 1580. The Balaban J connectivity index is 1.25. The largest absolute Gasteiger partial charge is 0.318 e. The molecule has 2 aromatic carbocycles. The second kappa shape index (κ2) is 9.93. The summed E-state index contributed by atoms with van der Waals surface area (Å²) in [5, 5.41) is 0.417. The van der Waals surface area contributed by atoms with Crippen LogP contribution in [0.4, 0.5) is 0 Å². The van der Waals surface area contributed by atoms with Gasteiger partial charge in [0.15, 0.2) is 0 Å². The Kier molecular flexibility index (Phi) is 6.72. The van der Waals surface area contributed by atoms with Crippen LogP contribution >= 0.6 is 0 Å². The van der Waals surface area contributed by atoms with E-state index in [0.29, 0.717) is 12.8 Å². The highest BCUT2D eigenvalue weighted by atomic mass is 32.2. The number of amides is 4. The van der Waals surface area contributed by atoms with E-state index in [0.717, 1.165) is 11.1 Å². The van der Waals surface area contributed by atoms with Crippen molar-refractivity contribution in [3.8, 4) is 0 Å². The van der Waals surface area contributed by atoms with Gasteiger partial charge in [0, 0.05) is 11.8 Å². The number of carbonyl (C=O) groups excluding carboxylic acids is 4. The molecule has 3 aliphatic carbocycles. The molecule has 7 rings (SSSR count). The zero-order chi connectivity index (χ0) is 30.1. The number of imide groups is 2. The van der Waals surface area contributed by atoms with Crippen molar-refractivity contribution in [3.63, 3.8) is 0 Å². The van der Waals surface area contributed by atoms with Gasteiger partial charge in [0.25, 0.3) is 23.6 Å². The second-order valence-corrected chi connectivity index (χ2v) is 13.7. The van der Waals surface area contributed by atoms with Crippen molar-refractivity contribution in [1.29, 1.82) is 0 Å². The fourth-order valence-electron chi connectivity index (χ4n) is 6.38.